The average molecular weight is 257 g/mol. The Morgan fingerprint density at radius 3 is 3.05 bits per heavy atom. The molecule has 4 rings (SSSR count). The number of likely N-dealkylation sites (N-methyl/N-ethyl adjacent to an activating group) is 1. The maximum absolute atomic E-state index is 4.64. The largest absolute Gasteiger partial charge is 0.303 e. The van der Waals surface area contributed by atoms with Gasteiger partial charge in [0.25, 0.3) is 0 Å². The van der Waals surface area contributed by atoms with E-state index in [1.807, 2.05) is 11.7 Å². The van der Waals surface area contributed by atoms with Crippen LogP contribution in [0.25, 0.3) is 5.82 Å². The van der Waals surface area contributed by atoms with Crippen molar-refractivity contribution < 1.29 is 0 Å². The zero-order valence-electron chi connectivity index (χ0n) is 11.5. The van der Waals surface area contributed by atoms with E-state index in [4.69, 9.17) is 0 Å². The highest BCUT2D eigenvalue weighted by Gasteiger charge is 2.33. The lowest BCUT2D eigenvalue weighted by Gasteiger charge is -2.38. The van der Waals surface area contributed by atoms with E-state index in [1.165, 1.54) is 11.3 Å². The van der Waals surface area contributed by atoms with Crippen molar-refractivity contribution in [1.29, 1.82) is 0 Å². The van der Waals surface area contributed by atoms with Gasteiger partial charge in [-0.2, -0.15) is 5.10 Å². The fourth-order valence-corrected chi connectivity index (χ4v) is 3.34. The number of piperazine rings is 1. The third-order valence-corrected chi connectivity index (χ3v) is 4.30. The van der Waals surface area contributed by atoms with Gasteiger partial charge in [0.1, 0.15) is 0 Å². The fourth-order valence-electron chi connectivity index (χ4n) is 3.34. The first kappa shape index (κ1) is 11.3. The summed E-state index contributed by atoms with van der Waals surface area (Å²) in [6.07, 6.45) is 4.29. The molecule has 5 nitrogen and oxygen atoms in total. The highest BCUT2D eigenvalue weighted by molar-refractivity contribution is 5.38. The van der Waals surface area contributed by atoms with Crippen LogP contribution in [0.3, 0.4) is 0 Å². The van der Waals surface area contributed by atoms with Crippen LogP contribution in [0.2, 0.25) is 0 Å². The molecule has 0 spiro atoms. The molecule has 5 heteroatoms. The van der Waals surface area contributed by atoms with Crippen LogP contribution in [0.15, 0.2) is 24.5 Å². The molecule has 0 bridgehead atoms. The molecule has 2 aromatic heterocycles. The predicted octanol–water partition coefficient (Wildman–Crippen LogP) is 1.01. The molecule has 1 unspecified atom stereocenters. The van der Waals surface area contributed by atoms with Crippen molar-refractivity contribution in [1.82, 2.24) is 24.1 Å². The van der Waals surface area contributed by atoms with Gasteiger partial charge in [-0.1, -0.05) is 0 Å². The quantitative estimate of drug-likeness (QED) is 0.705. The summed E-state index contributed by atoms with van der Waals surface area (Å²) >= 11 is 0. The molecule has 100 valence electrons. The van der Waals surface area contributed by atoms with Gasteiger partial charge >= 0.3 is 0 Å². The topological polar surface area (TPSA) is 29.2 Å². The van der Waals surface area contributed by atoms with E-state index >= 15 is 0 Å². The first-order chi connectivity index (χ1) is 9.22. The van der Waals surface area contributed by atoms with Crippen LogP contribution in [0.5, 0.6) is 0 Å². The van der Waals surface area contributed by atoms with Crippen LogP contribution >= 0.6 is 0 Å². The number of fused-ring (bicyclic) bond motifs is 5. The highest BCUT2D eigenvalue weighted by atomic mass is 15.3. The van der Waals surface area contributed by atoms with Crippen LogP contribution in [-0.2, 0) is 13.6 Å². The SMILES string of the molecule is CN1CCN2Cc3cn(C)nc3-n3cccc3C2C1. The Hall–Kier alpha value is -1.59. The Balaban J connectivity index is 1.88. The van der Waals surface area contributed by atoms with Crippen LogP contribution in [0, 0.1) is 0 Å². The molecule has 0 saturated carbocycles. The van der Waals surface area contributed by atoms with Crippen molar-refractivity contribution in [2.75, 3.05) is 26.7 Å². The second-order valence-corrected chi connectivity index (χ2v) is 5.70. The van der Waals surface area contributed by atoms with Gasteiger partial charge in [-0.05, 0) is 19.2 Å². The van der Waals surface area contributed by atoms with E-state index < -0.39 is 0 Å². The summed E-state index contributed by atoms with van der Waals surface area (Å²) in [5, 5.41) is 4.64. The molecule has 2 aliphatic rings. The molecule has 0 radical (unpaired) electrons. The summed E-state index contributed by atoms with van der Waals surface area (Å²) in [4.78, 5) is 5.00. The zero-order valence-corrected chi connectivity index (χ0v) is 11.5. The Morgan fingerprint density at radius 1 is 1.26 bits per heavy atom. The smallest absolute Gasteiger partial charge is 0.163 e. The number of nitrogens with zero attached hydrogens (tertiary/aromatic N) is 5. The minimum Gasteiger partial charge on any atom is -0.303 e. The van der Waals surface area contributed by atoms with E-state index in [-0.39, 0.29) is 0 Å². The minimum absolute atomic E-state index is 0.480. The molecule has 1 atom stereocenters. The van der Waals surface area contributed by atoms with Crippen molar-refractivity contribution in [3.8, 4) is 5.82 Å². The molecule has 0 aliphatic carbocycles. The number of aromatic nitrogens is 3. The second-order valence-electron chi connectivity index (χ2n) is 5.70. The van der Waals surface area contributed by atoms with Gasteiger partial charge in [0.05, 0.1) is 6.04 Å². The Labute approximate surface area is 113 Å². The maximum atomic E-state index is 4.64. The van der Waals surface area contributed by atoms with Gasteiger partial charge in [-0.15, -0.1) is 0 Å². The van der Waals surface area contributed by atoms with Gasteiger partial charge in [0.15, 0.2) is 5.82 Å². The van der Waals surface area contributed by atoms with Crippen molar-refractivity contribution in [3.05, 3.63) is 35.8 Å². The molecular weight excluding hydrogens is 238 g/mol. The van der Waals surface area contributed by atoms with Gasteiger partial charge in [-0.3, -0.25) is 9.58 Å². The van der Waals surface area contributed by atoms with Crippen molar-refractivity contribution in [3.63, 3.8) is 0 Å². The zero-order chi connectivity index (χ0) is 13.0. The summed E-state index contributed by atoms with van der Waals surface area (Å²) in [6, 6.07) is 4.85. The van der Waals surface area contributed by atoms with Gasteiger partial charge in [0.2, 0.25) is 0 Å². The van der Waals surface area contributed by atoms with Gasteiger partial charge < -0.3 is 9.47 Å². The number of aryl methyl sites for hydroxylation is 1. The number of hydrogen-bond acceptors (Lipinski definition) is 3. The van der Waals surface area contributed by atoms with E-state index in [2.05, 4.69) is 51.0 Å². The summed E-state index contributed by atoms with van der Waals surface area (Å²) < 4.78 is 4.18. The standard InChI is InChI=1S/C14H19N5/c1-16-6-7-18-9-11-8-17(2)15-14(11)19-5-3-4-12(19)13(18)10-16/h3-5,8,13H,6-7,9-10H2,1-2H3. The van der Waals surface area contributed by atoms with E-state index in [0.29, 0.717) is 6.04 Å². The molecule has 2 aromatic rings. The number of hydrogen-bond donors (Lipinski definition) is 0. The van der Waals surface area contributed by atoms with E-state index in [0.717, 1.165) is 32.0 Å². The molecule has 19 heavy (non-hydrogen) atoms. The predicted molar refractivity (Wildman–Crippen MR) is 73.2 cm³/mol. The molecule has 1 saturated heterocycles. The van der Waals surface area contributed by atoms with Gasteiger partial charge in [-0.25, -0.2) is 0 Å². The van der Waals surface area contributed by atoms with Crippen LogP contribution in [0.1, 0.15) is 17.3 Å². The summed E-state index contributed by atoms with van der Waals surface area (Å²) in [5.74, 6) is 1.10. The van der Waals surface area contributed by atoms with E-state index in [1.54, 1.807) is 0 Å². The minimum atomic E-state index is 0.480. The average Bonchev–Trinajstić information content (AvgIpc) is 2.95. The first-order valence-electron chi connectivity index (χ1n) is 6.85. The van der Waals surface area contributed by atoms with Crippen LogP contribution in [0.4, 0.5) is 0 Å². The summed E-state index contributed by atoms with van der Waals surface area (Å²) in [6.45, 7) is 4.37. The second kappa shape index (κ2) is 3.95. The monoisotopic (exact) mass is 257 g/mol. The Bertz CT molecular complexity index is 611. The van der Waals surface area contributed by atoms with Gasteiger partial charge in [0, 0.05) is 56.9 Å². The normalized spacial score (nSPS) is 23.6. The molecule has 2 aliphatic heterocycles. The van der Waals surface area contributed by atoms with E-state index in [9.17, 15) is 0 Å². The third-order valence-electron chi connectivity index (χ3n) is 4.30. The molecular formula is C14H19N5. The lowest BCUT2D eigenvalue weighted by atomic mass is 10.1. The highest BCUT2D eigenvalue weighted by Crippen LogP contribution is 2.33. The van der Waals surface area contributed by atoms with Crippen LogP contribution < -0.4 is 0 Å². The van der Waals surface area contributed by atoms with Crippen molar-refractivity contribution in [2.24, 2.45) is 7.05 Å². The molecule has 0 amide bonds. The summed E-state index contributed by atoms with van der Waals surface area (Å²) in [5.41, 5.74) is 2.69. The van der Waals surface area contributed by atoms with Crippen LogP contribution in [-0.4, -0.2) is 50.8 Å². The maximum Gasteiger partial charge on any atom is 0.163 e. The lowest BCUT2D eigenvalue weighted by molar-refractivity contribution is 0.0827. The molecule has 0 N–H and O–H groups in total. The fraction of sp³-hybridized carbons (Fsp3) is 0.500. The first-order valence-corrected chi connectivity index (χ1v) is 6.85. The molecule has 0 aromatic carbocycles. The van der Waals surface area contributed by atoms with Crippen molar-refractivity contribution >= 4 is 0 Å². The molecule has 1 fully saturated rings. The summed E-state index contributed by atoms with van der Waals surface area (Å²) in [7, 11) is 4.21. The Kier molecular flexibility index (Phi) is 2.34. The van der Waals surface area contributed by atoms with Crippen molar-refractivity contribution in [2.45, 2.75) is 12.6 Å². The number of rotatable bonds is 0. The lowest BCUT2D eigenvalue weighted by Crippen LogP contribution is -2.46. The Morgan fingerprint density at radius 2 is 2.16 bits per heavy atom. The molecule has 4 heterocycles. The third kappa shape index (κ3) is 1.65.